The molecule has 6 N–H and O–H groups in total. The summed E-state index contributed by atoms with van der Waals surface area (Å²) < 4.78 is 3.32. The van der Waals surface area contributed by atoms with E-state index in [2.05, 4.69) is 44.8 Å². The molecule has 0 aromatic carbocycles. The Hall–Kier alpha value is -1.68. The van der Waals surface area contributed by atoms with Crippen molar-refractivity contribution in [2.24, 2.45) is 0 Å². The number of hydrogen-bond donors (Lipinski definition) is 4. The van der Waals surface area contributed by atoms with Gasteiger partial charge in [-0.05, 0) is 24.4 Å². The molecule has 0 aliphatic carbocycles. The van der Waals surface area contributed by atoms with Crippen molar-refractivity contribution in [3.8, 4) is 0 Å². The van der Waals surface area contributed by atoms with Crippen LogP contribution in [-0.2, 0) is 0 Å². The summed E-state index contributed by atoms with van der Waals surface area (Å²) in [5.74, 6) is 10.3. The van der Waals surface area contributed by atoms with Crippen LogP contribution in [0.3, 0.4) is 0 Å². The maximum atomic E-state index is 5.16. The molecule has 0 unspecified atom stereocenters. The SMILES string of the molecule is Nn1cn[nH]c1=S.Nn1cn[nH]c1=S. The zero-order valence-corrected chi connectivity index (χ0v) is 8.55. The number of aromatic amines is 2. The van der Waals surface area contributed by atoms with Gasteiger partial charge in [-0.3, -0.25) is 10.2 Å². The third-order valence-electron chi connectivity index (χ3n) is 1.15. The molecule has 0 saturated heterocycles. The molecular weight excluding hydrogens is 224 g/mol. The Labute approximate surface area is 88.5 Å². The van der Waals surface area contributed by atoms with Crippen molar-refractivity contribution in [3.63, 3.8) is 0 Å². The molecule has 0 amide bonds. The van der Waals surface area contributed by atoms with E-state index in [0.29, 0.717) is 9.54 Å². The van der Waals surface area contributed by atoms with Crippen LogP contribution >= 0.6 is 24.4 Å². The Kier molecular flexibility index (Phi) is 3.36. The normalized spacial score (nSPS) is 9.14. The molecule has 0 aliphatic rings. The highest BCUT2D eigenvalue weighted by molar-refractivity contribution is 7.71. The standard InChI is InChI=1S/2C2H4N4S/c2*3-6-1-4-5-2(6)7/h2*1H,3H2,(H,5,7). The second-order valence-corrected chi connectivity index (χ2v) is 2.91. The van der Waals surface area contributed by atoms with Crippen LogP contribution < -0.4 is 11.7 Å². The molecule has 0 radical (unpaired) electrons. The van der Waals surface area contributed by atoms with Gasteiger partial charge in [-0.25, -0.2) is 9.35 Å². The molecule has 2 rings (SSSR count). The van der Waals surface area contributed by atoms with Gasteiger partial charge in [0.05, 0.1) is 0 Å². The number of rotatable bonds is 0. The number of aromatic nitrogens is 6. The van der Waals surface area contributed by atoms with Gasteiger partial charge in [0.2, 0.25) is 9.54 Å². The second-order valence-electron chi connectivity index (χ2n) is 2.14. The third kappa shape index (κ3) is 2.67. The van der Waals surface area contributed by atoms with E-state index in [-0.39, 0.29) is 0 Å². The maximum Gasteiger partial charge on any atom is 0.213 e. The molecule has 10 heteroatoms. The van der Waals surface area contributed by atoms with E-state index in [9.17, 15) is 0 Å². The van der Waals surface area contributed by atoms with E-state index in [1.165, 1.54) is 22.0 Å². The van der Waals surface area contributed by atoms with Gasteiger partial charge in [-0.15, -0.1) is 0 Å². The fourth-order valence-electron chi connectivity index (χ4n) is 0.513. The quantitative estimate of drug-likeness (QED) is 0.352. The van der Waals surface area contributed by atoms with Gasteiger partial charge >= 0.3 is 0 Å². The molecule has 0 saturated carbocycles. The number of nitrogens with two attached hydrogens (primary N) is 2. The van der Waals surface area contributed by atoms with Crippen molar-refractivity contribution >= 4 is 24.4 Å². The molecular formula is C4H8N8S2. The lowest BCUT2D eigenvalue weighted by Gasteiger charge is -1.79. The van der Waals surface area contributed by atoms with Gasteiger partial charge in [0, 0.05) is 0 Å². The van der Waals surface area contributed by atoms with Crippen LogP contribution in [0.5, 0.6) is 0 Å². The highest BCUT2D eigenvalue weighted by Crippen LogP contribution is 1.73. The van der Waals surface area contributed by atoms with Crippen molar-refractivity contribution in [1.29, 1.82) is 0 Å². The van der Waals surface area contributed by atoms with Crippen molar-refractivity contribution in [2.45, 2.75) is 0 Å². The van der Waals surface area contributed by atoms with Gasteiger partial charge < -0.3 is 11.7 Å². The molecule has 2 aromatic heterocycles. The van der Waals surface area contributed by atoms with E-state index < -0.39 is 0 Å². The highest BCUT2D eigenvalue weighted by atomic mass is 32.1. The Morgan fingerprint density at radius 1 is 1.00 bits per heavy atom. The van der Waals surface area contributed by atoms with Crippen molar-refractivity contribution in [2.75, 3.05) is 11.7 Å². The molecule has 0 fully saturated rings. The van der Waals surface area contributed by atoms with Crippen LogP contribution in [0.1, 0.15) is 0 Å². The first kappa shape index (κ1) is 10.4. The topological polar surface area (TPSA) is 119 Å². The minimum absolute atomic E-state index is 0.431. The fourth-order valence-corrected chi connectivity index (χ4v) is 0.713. The summed E-state index contributed by atoms with van der Waals surface area (Å²) in [5.41, 5.74) is 0. The number of nitrogens with one attached hydrogen (secondary N) is 2. The average Bonchev–Trinajstić information content (AvgIpc) is 2.67. The van der Waals surface area contributed by atoms with Crippen LogP contribution in [0.4, 0.5) is 0 Å². The van der Waals surface area contributed by atoms with Crippen molar-refractivity contribution < 1.29 is 0 Å². The van der Waals surface area contributed by atoms with Gasteiger partial charge in [0.15, 0.2) is 0 Å². The van der Waals surface area contributed by atoms with Crippen LogP contribution in [0.2, 0.25) is 0 Å². The summed E-state index contributed by atoms with van der Waals surface area (Å²) in [7, 11) is 0. The van der Waals surface area contributed by atoms with Gasteiger partial charge in [0.25, 0.3) is 0 Å². The van der Waals surface area contributed by atoms with Crippen LogP contribution in [0, 0.1) is 9.54 Å². The van der Waals surface area contributed by atoms with E-state index in [1.807, 2.05) is 0 Å². The molecule has 2 aromatic rings. The number of nitrogens with zero attached hydrogens (tertiary/aromatic N) is 4. The highest BCUT2D eigenvalue weighted by Gasteiger charge is 1.79. The first-order valence-electron chi connectivity index (χ1n) is 3.35. The summed E-state index contributed by atoms with van der Waals surface area (Å²) in [6.07, 6.45) is 2.81. The molecule has 2 heterocycles. The summed E-state index contributed by atoms with van der Waals surface area (Å²) in [6, 6.07) is 0. The molecule has 8 nitrogen and oxygen atoms in total. The maximum absolute atomic E-state index is 5.16. The lowest BCUT2D eigenvalue weighted by Crippen LogP contribution is -2.05. The predicted molar refractivity (Wildman–Crippen MR) is 55.1 cm³/mol. The molecule has 0 atom stereocenters. The Morgan fingerprint density at radius 2 is 1.36 bits per heavy atom. The van der Waals surface area contributed by atoms with Gasteiger partial charge in [-0.2, -0.15) is 10.2 Å². The van der Waals surface area contributed by atoms with E-state index in [4.69, 9.17) is 11.7 Å². The minimum Gasteiger partial charge on any atom is -0.336 e. The van der Waals surface area contributed by atoms with Gasteiger partial charge in [0.1, 0.15) is 12.7 Å². The average molecular weight is 232 g/mol. The Morgan fingerprint density at radius 3 is 1.43 bits per heavy atom. The largest absolute Gasteiger partial charge is 0.336 e. The molecule has 14 heavy (non-hydrogen) atoms. The first-order valence-corrected chi connectivity index (χ1v) is 4.17. The summed E-state index contributed by atoms with van der Waals surface area (Å²) in [6.45, 7) is 0. The summed E-state index contributed by atoms with van der Waals surface area (Å²) in [4.78, 5) is 0. The fraction of sp³-hybridized carbons (Fsp3) is 0. The molecule has 76 valence electrons. The molecule has 0 bridgehead atoms. The minimum atomic E-state index is 0.431. The summed E-state index contributed by atoms with van der Waals surface area (Å²) in [5, 5.41) is 12.0. The zero-order valence-electron chi connectivity index (χ0n) is 6.91. The lowest BCUT2D eigenvalue weighted by atomic mass is 11.3. The van der Waals surface area contributed by atoms with Crippen LogP contribution in [0.25, 0.3) is 0 Å². The first-order chi connectivity index (χ1) is 6.61. The zero-order chi connectivity index (χ0) is 10.6. The molecule has 0 aliphatic heterocycles. The van der Waals surface area contributed by atoms with Gasteiger partial charge in [-0.1, -0.05) is 0 Å². The molecule has 0 spiro atoms. The van der Waals surface area contributed by atoms with Crippen molar-refractivity contribution in [3.05, 3.63) is 22.2 Å². The van der Waals surface area contributed by atoms with E-state index in [1.54, 1.807) is 0 Å². The van der Waals surface area contributed by atoms with E-state index in [0.717, 1.165) is 0 Å². The number of hydrogen-bond acceptors (Lipinski definition) is 6. The summed E-state index contributed by atoms with van der Waals surface area (Å²) >= 11 is 9.21. The van der Waals surface area contributed by atoms with Crippen molar-refractivity contribution in [1.82, 2.24) is 29.7 Å². The monoisotopic (exact) mass is 232 g/mol. The second kappa shape index (κ2) is 4.53. The van der Waals surface area contributed by atoms with Crippen LogP contribution in [0.15, 0.2) is 12.7 Å². The number of H-pyrrole nitrogens is 2. The van der Waals surface area contributed by atoms with Crippen LogP contribution in [-0.4, -0.2) is 29.7 Å². The number of nitrogen functional groups attached to an aromatic ring is 2. The van der Waals surface area contributed by atoms with E-state index >= 15 is 0 Å². The smallest absolute Gasteiger partial charge is 0.213 e. The predicted octanol–water partition coefficient (Wildman–Crippen LogP) is -0.691. The lowest BCUT2D eigenvalue weighted by molar-refractivity contribution is 0.977. The Bertz CT molecular complexity index is 441. The Balaban J connectivity index is 0.000000140. The third-order valence-corrected chi connectivity index (χ3v) is 1.76.